The number of H-pyrrole nitrogens is 1. The Morgan fingerprint density at radius 2 is 1.90 bits per heavy atom. The molecule has 0 aliphatic carbocycles. The van der Waals surface area contributed by atoms with Gasteiger partial charge in [-0.2, -0.15) is 5.10 Å². The number of nitrogens with two attached hydrogens (primary N) is 1. The van der Waals surface area contributed by atoms with Gasteiger partial charge in [-0.25, -0.2) is 19.6 Å². The van der Waals surface area contributed by atoms with E-state index in [-0.39, 0.29) is 29.6 Å². The number of likely N-dealkylation sites (N-methyl/N-ethyl adjacent to an activating group) is 1. The quantitative estimate of drug-likeness (QED) is 0.111. The number of aromatic amines is 1. The van der Waals surface area contributed by atoms with Crippen molar-refractivity contribution in [2.75, 3.05) is 32.9 Å². The zero-order chi connectivity index (χ0) is 35.2. The lowest BCUT2D eigenvalue weighted by Crippen LogP contribution is -2.31. The van der Waals surface area contributed by atoms with Crippen LogP contribution in [-0.2, 0) is 11.3 Å². The van der Waals surface area contributed by atoms with Gasteiger partial charge in [0.25, 0.3) is 5.56 Å². The van der Waals surface area contributed by atoms with Crippen LogP contribution in [0.5, 0.6) is 5.75 Å². The molecule has 0 saturated carbocycles. The van der Waals surface area contributed by atoms with Crippen molar-refractivity contribution in [2.24, 2.45) is 0 Å². The van der Waals surface area contributed by atoms with Gasteiger partial charge in [0.05, 0.1) is 28.8 Å². The standard InChI is InChI=1S/C37H36ClN9O3/c1-46(2)19-18-40-30(49)13-5-3-4-8-23-9-7-12-29-31(23)37(50)44-35(43-29)28(25-10-6-11-26(38)20-25)21-47-36-32(34(39)41-22-42-36)33(45-47)24-14-16-27(48)17-15-24/h6-7,9-12,14-17,20,22,28,48H,3,5,13,18-19,21H2,1-2H3,(H,40,49)(H2,39,41,42)(H,43,44,50). The average molecular weight is 690 g/mol. The fourth-order valence-corrected chi connectivity index (χ4v) is 5.90. The van der Waals surface area contributed by atoms with E-state index in [1.54, 1.807) is 47.1 Å². The lowest BCUT2D eigenvalue weighted by Gasteiger charge is -2.18. The first-order valence-electron chi connectivity index (χ1n) is 16.1. The van der Waals surface area contributed by atoms with E-state index in [0.717, 1.165) is 17.7 Å². The molecule has 0 aliphatic heterocycles. The van der Waals surface area contributed by atoms with Crippen LogP contribution in [0.2, 0.25) is 5.02 Å². The van der Waals surface area contributed by atoms with Crippen LogP contribution in [0.15, 0.2) is 77.9 Å². The molecule has 6 rings (SSSR count). The fraction of sp³-hybridized carbons (Fsp3) is 0.243. The molecule has 0 saturated heterocycles. The van der Waals surface area contributed by atoms with E-state index in [1.165, 1.54) is 6.33 Å². The molecule has 50 heavy (non-hydrogen) atoms. The van der Waals surface area contributed by atoms with Crippen molar-refractivity contribution in [2.45, 2.75) is 31.7 Å². The molecule has 0 aliphatic rings. The van der Waals surface area contributed by atoms with Crippen LogP contribution in [0.25, 0.3) is 33.2 Å². The number of aromatic nitrogens is 6. The summed E-state index contributed by atoms with van der Waals surface area (Å²) >= 11 is 6.45. The number of unbranched alkanes of at least 4 members (excludes halogenated alkanes) is 1. The number of rotatable bonds is 11. The molecule has 3 heterocycles. The summed E-state index contributed by atoms with van der Waals surface area (Å²) in [5, 5.41) is 19.1. The summed E-state index contributed by atoms with van der Waals surface area (Å²) in [6.07, 6.45) is 2.88. The number of carbonyl (C=O) groups is 1. The molecular formula is C37H36ClN9O3. The van der Waals surface area contributed by atoms with E-state index in [4.69, 9.17) is 27.4 Å². The molecule has 3 aromatic heterocycles. The normalized spacial score (nSPS) is 11.8. The van der Waals surface area contributed by atoms with Gasteiger partial charge in [-0.15, -0.1) is 0 Å². The summed E-state index contributed by atoms with van der Waals surface area (Å²) in [5.41, 5.74) is 9.63. The minimum absolute atomic E-state index is 0.00292. The van der Waals surface area contributed by atoms with E-state index in [9.17, 15) is 14.7 Å². The van der Waals surface area contributed by atoms with E-state index < -0.39 is 5.92 Å². The summed E-state index contributed by atoms with van der Waals surface area (Å²) in [4.78, 5) is 44.5. The number of anilines is 1. The van der Waals surface area contributed by atoms with Crippen molar-refractivity contribution in [3.05, 3.63) is 105 Å². The second kappa shape index (κ2) is 15.2. The molecule has 254 valence electrons. The number of fused-ring (bicyclic) bond motifs is 2. The highest BCUT2D eigenvalue weighted by Crippen LogP contribution is 2.33. The first kappa shape index (κ1) is 34.1. The number of carbonyl (C=O) groups excluding carboxylic acids is 1. The largest absolute Gasteiger partial charge is 0.508 e. The zero-order valence-electron chi connectivity index (χ0n) is 27.7. The summed E-state index contributed by atoms with van der Waals surface area (Å²) in [7, 11) is 3.92. The van der Waals surface area contributed by atoms with Crippen LogP contribution < -0.4 is 16.6 Å². The Labute approximate surface area is 293 Å². The molecule has 0 radical (unpaired) electrons. The van der Waals surface area contributed by atoms with Gasteiger partial charge in [0, 0.05) is 42.1 Å². The molecule has 0 bridgehead atoms. The maximum atomic E-state index is 13.7. The molecule has 0 fully saturated rings. The van der Waals surface area contributed by atoms with E-state index in [1.807, 2.05) is 43.3 Å². The number of hydrogen-bond acceptors (Lipinski definition) is 9. The van der Waals surface area contributed by atoms with Crippen molar-refractivity contribution in [3.63, 3.8) is 0 Å². The number of benzene rings is 3. The number of phenols is 1. The summed E-state index contributed by atoms with van der Waals surface area (Å²) < 4.78 is 1.72. The Hall–Kier alpha value is -5.77. The van der Waals surface area contributed by atoms with Crippen LogP contribution in [0.1, 0.15) is 42.1 Å². The predicted octanol–water partition coefficient (Wildman–Crippen LogP) is 4.70. The fourth-order valence-electron chi connectivity index (χ4n) is 5.71. The van der Waals surface area contributed by atoms with Gasteiger partial charge in [-0.1, -0.05) is 41.6 Å². The number of hydrogen-bond donors (Lipinski definition) is 4. The van der Waals surface area contributed by atoms with E-state index in [2.05, 4.69) is 32.1 Å². The van der Waals surface area contributed by atoms with Crippen LogP contribution in [0.3, 0.4) is 0 Å². The number of nitrogen functional groups attached to an aromatic ring is 1. The van der Waals surface area contributed by atoms with Crippen LogP contribution in [0.4, 0.5) is 5.82 Å². The molecule has 6 aromatic rings. The van der Waals surface area contributed by atoms with Crippen LogP contribution >= 0.6 is 11.6 Å². The zero-order valence-corrected chi connectivity index (χ0v) is 28.4. The molecule has 5 N–H and O–H groups in total. The number of amides is 1. The Morgan fingerprint density at radius 1 is 1.10 bits per heavy atom. The third kappa shape index (κ3) is 7.75. The first-order chi connectivity index (χ1) is 24.2. The highest BCUT2D eigenvalue weighted by atomic mass is 35.5. The van der Waals surface area contributed by atoms with Crippen molar-refractivity contribution < 1.29 is 9.90 Å². The molecule has 3 aromatic carbocycles. The molecule has 1 amide bonds. The highest BCUT2D eigenvalue weighted by Gasteiger charge is 2.24. The third-order valence-electron chi connectivity index (χ3n) is 8.20. The van der Waals surface area contributed by atoms with Gasteiger partial charge in [0.15, 0.2) is 5.65 Å². The smallest absolute Gasteiger partial charge is 0.260 e. The van der Waals surface area contributed by atoms with E-state index in [0.29, 0.717) is 69.8 Å². The Bertz CT molecular complexity index is 2290. The third-order valence-corrected chi connectivity index (χ3v) is 8.43. The highest BCUT2D eigenvalue weighted by molar-refractivity contribution is 6.30. The molecular weight excluding hydrogens is 654 g/mol. The maximum absolute atomic E-state index is 13.7. The number of nitrogens with zero attached hydrogens (tertiary/aromatic N) is 6. The molecule has 0 spiro atoms. The lowest BCUT2D eigenvalue weighted by molar-refractivity contribution is -0.121. The van der Waals surface area contributed by atoms with Crippen molar-refractivity contribution in [3.8, 4) is 28.8 Å². The Kier molecular flexibility index (Phi) is 10.4. The average Bonchev–Trinajstić information content (AvgIpc) is 3.46. The van der Waals surface area contributed by atoms with E-state index >= 15 is 0 Å². The number of aromatic hydroxyl groups is 1. The molecule has 1 atom stereocenters. The Balaban J connectivity index is 1.33. The molecule has 12 nitrogen and oxygen atoms in total. The number of halogens is 1. The first-order valence-corrected chi connectivity index (χ1v) is 16.5. The van der Waals surface area contributed by atoms with Crippen molar-refractivity contribution in [1.82, 2.24) is 39.9 Å². The topological polar surface area (TPSA) is 168 Å². The molecule has 13 heteroatoms. The Morgan fingerprint density at radius 3 is 2.68 bits per heavy atom. The van der Waals surface area contributed by atoms with Crippen molar-refractivity contribution in [1.29, 1.82) is 0 Å². The predicted molar refractivity (Wildman–Crippen MR) is 195 cm³/mol. The monoisotopic (exact) mass is 689 g/mol. The maximum Gasteiger partial charge on any atom is 0.260 e. The van der Waals surface area contributed by atoms with Gasteiger partial charge in [-0.05, 0) is 74.6 Å². The van der Waals surface area contributed by atoms with Crippen molar-refractivity contribution >= 4 is 45.3 Å². The van der Waals surface area contributed by atoms with Crippen LogP contribution in [0, 0.1) is 11.8 Å². The van der Waals surface area contributed by atoms with Gasteiger partial charge in [0.2, 0.25) is 5.91 Å². The second-order valence-corrected chi connectivity index (χ2v) is 12.5. The summed E-state index contributed by atoms with van der Waals surface area (Å²) in [5.74, 6) is 6.51. The molecule has 1 unspecified atom stereocenters. The summed E-state index contributed by atoms with van der Waals surface area (Å²) in [6.45, 7) is 1.61. The number of nitrogens with one attached hydrogen (secondary N) is 2. The minimum Gasteiger partial charge on any atom is -0.508 e. The lowest BCUT2D eigenvalue weighted by atomic mass is 9.97. The summed E-state index contributed by atoms with van der Waals surface area (Å²) in [6, 6.07) is 19.4. The van der Waals surface area contributed by atoms with Gasteiger partial charge in [-0.3, -0.25) is 9.59 Å². The van der Waals surface area contributed by atoms with Crippen LogP contribution in [-0.4, -0.2) is 72.8 Å². The van der Waals surface area contributed by atoms with Gasteiger partial charge in [0.1, 0.15) is 29.4 Å². The van der Waals surface area contributed by atoms with Gasteiger partial charge < -0.3 is 26.0 Å². The SMILES string of the molecule is CN(C)CCNC(=O)CCCC#Cc1cccc2nc(C(Cn3nc(-c4ccc(O)cc4)c4c(N)ncnc43)c3cccc(Cl)c3)[nH]c(=O)c12. The minimum atomic E-state index is -0.503. The van der Waals surface area contributed by atoms with Gasteiger partial charge >= 0.3 is 0 Å². The second-order valence-electron chi connectivity index (χ2n) is 12.1. The number of phenolic OH excluding ortho intramolecular Hbond substituents is 1.